The van der Waals surface area contributed by atoms with Crippen molar-refractivity contribution in [3.63, 3.8) is 0 Å². The van der Waals surface area contributed by atoms with E-state index in [1.54, 1.807) is 0 Å². The number of morpholine rings is 1. The zero-order valence-corrected chi connectivity index (χ0v) is 13.9. The number of hydrogen-bond donors (Lipinski definition) is 2. The average Bonchev–Trinajstić information content (AvgIpc) is 2.94. The van der Waals surface area contributed by atoms with Crippen LogP contribution >= 0.6 is 0 Å². The Morgan fingerprint density at radius 2 is 1.92 bits per heavy atom. The van der Waals surface area contributed by atoms with E-state index >= 15 is 0 Å². The lowest BCUT2D eigenvalue weighted by Crippen LogP contribution is -2.39. The van der Waals surface area contributed by atoms with E-state index in [-0.39, 0.29) is 12.1 Å². The number of hydrogen-bond acceptors (Lipinski definition) is 5. The molecule has 1 aromatic heterocycles. The van der Waals surface area contributed by atoms with Crippen LogP contribution in [0.2, 0.25) is 0 Å². The zero-order chi connectivity index (χ0) is 16.7. The monoisotopic (exact) mass is 327 g/mol. The predicted molar refractivity (Wildman–Crippen MR) is 91.5 cm³/mol. The maximum atomic E-state index is 12.6. The molecule has 6 heteroatoms. The molecule has 1 aromatic carbocycles. The fourth-order valence-electron chi connectivity index (χ4n) is 3.36. The first-order valence-corrected chi connectivity index (χ1v) is 8.23. The zero-order valence-electron chi connectivity index (χ0n) is 13.9. The maximum Gasteiger partial charge on any atom is 0.255 e. The second-order valence-corrected chi connectivity index (χ2v) is 6.25. The molecule has 4 rings (SSSR count). The van der Waals surface area contributed by atoms with Crippen LogP contribution in [0.1, 0.15) is 33.6 Å². The van der Waals surface area contributed by atoms with Crippen LogP contribution in [0.4, 0.5) is 11.4 Å². The lowest BCUT2D eigenvalue weighted by molar-refractivity contribution is 0.0935. The second kappa shape index (κ2) is 5.87. The Balaban J connectivity index is 1.62. The summed E-state index contributed by atoms with van der Waals surface area (Å²) in [6.07, 6.45) is -0.267. The van der Waals surface area contributed by atoms with Crippen molar-refractivity contribution >= 4 is 17.3 Å². The van der Waals surface area contributed by atoms with Crippen molar-refractivity contribution in [2.24, 2.45) is 0 Å². The van der Waals surface area contributed by atoms with E-state index in [2.05, 4.69) is 21.6 Å². The van der Waals surface area contributed by atoms with Crippen LogP contribution in [0.25, 0.3) is 0 Å². The number of anilines is 2. The van der Waals surface area contributed by atoms with Gasteiger partial charge in [-0.3, -0.25) is 4.79 Å². The Morgan fingerprint density at radius 3 is 2.62 bits per heavy atom. The number of furan rings is 1. The predicted octanol–water partition coefficient (Wildman–Crippen LogP) is 2.59. The number of rotatable bonds is 2. The van der Waals surface area contributed by atoms with Crippen molar-refractivity contribution in [2.45, 2.75) is 20.0 Å². The summed E-state index contributed by atoms with van der Waals surface area (Å²) < 4.78 is 11.0. The van der Waals surface area contributed by atoms with Crippen molar-refractivity contribution in [3.8, 4) is 0 Å². The third-order valence-electron chi connectivity index (χ3n) is 4.59. The Hall–Kier alpha value is -2.47. The molecule has 1 fully saturated rings. The van der Waals surface area contributed by atoms with Gasteiger partial charge in [-0.2, -0.15) is 0 Å². The molecule has 0 bridgehead atoms. The second-order valence-electron chi connectivity index (χ2n) is 6.25. The first-order chi connectivity index (χ1) is 11.6. The molecule has 126 valence electrons. The molecule has 2 N–H and O–H groups in total. The van der Waals surface area contributed by atoms with Crippen LogP contribution in [0.15, 0.2) is 28.7 Å². The molecule has 2 aromatic rings. The fourth-order valence-corrected chi connectivity index (χ4v) is 3.36. The van der Waals surface area contributed by atoms with Crippen molar-refractivity contribution in [1.82, 2.24) is 5.32 Å². The van der Waals surface area contributed by atoms with Crippen molar-refractivity contribution < 1.29 is 13.9 Å². The number of nitrogens with zero attached hydrogens (tertiary/aromatic N) is 1. The van der Waals surface area contributed by atoms with Crippen LogP contribution in [-0.2, 0) is 4.74 Å². The maximum absolute atomic E-state index is 12.6. The molecule has 1 amide bonds. The Labute approximate surface area is 140 Å². The van der Waals surface area contributed by atoms with E-state index in [9.17, 15) is 4.79 Å². The van der Waals surface area contributed by atoms with Crippen molar-refractivity contribution in [2.75, 3.05) is 36.5 Å². The Kier molecular flexibility index (Phi) is 3.69. The van der Waals surface area contributed by atoms with E-state index in [1.165, 1.54) is 0 Å². The van der Waals surface area contributed by atoms with Gasteiger partial charge in [-0.25, -0.2) is 0 Å². The molecule has 0 unspecified atom stereocenters. The van der Waals surface area contributed by atoms with Gasteiger partial charge < -0.3 is 24.7 Å². The molecule has 0 saturated carbocycles. The van der Waals surface area contributed by atoms with E-state index in [4.69, 9.17) is 9.15 Å². The Morgan fingerprint density at radius 1 is 1.12 bits per heavy atom. The molecule has 0 spiro atoms. The SMILES string of the molecule is Cc1cc([C@H]2NC(=O)c3cc(N4CCOCC4)ccc3N2)c(C)o1. The van der Waals surface area contributed by atoms with Crippen molar-refractivity contribution in [1.29, 1.82) is 0 Å². The largest absolute Gasteiger partial charge is 0.466 e. The normalized spacial score (nSPS) is 20.3. The molecule has 2 aliphatic heterocycles. The Bertz CT molecular complexity index is 778. The van der Waals surface area contributed by atoms with Gasteiger partial charge in [0.05, 0.1) is 18.8 Å². The minimum atomic E-state index is -0.267. The van der Waals surface area contributed by atoms with Gasteiger partial charge in [0.2, 0.25) is 0 Å². The molecular weight excluding hydrogens is 306 g/mol. The molecule has 3 heterocycles. The lowest BCUT2D eigenvalue weighted by Gasteiger charge is -2.32. The number of fused-ring (bicyclic) bond motifs is 1. The number of amides is 1. The smallest absolute Gasteiger partial charge is 0.255 e. The molecule has 0 radical (unpaired) electrons. The first kappa shape index (κ1) is 15.1. The summed E-state index contributed by atoms with van der Waals surface area (Å²) >= 11 is 0. The van der Waals surface area contributed by atoms with Crippen LogP contribution in [-0.4, -0.2) is 32.2 Å². The van der Waals surface area contributed by atoms with Gasteiger partial charge in [0, 0.05) is 30.0 Å². The highest BCUT2D eigenvalue weighted by Crippen LogP contribution is 2.32. The average molecular weight is 327 g/mol. The molecule has 0 aliphatic carbocycles. The summed E-state index contributed by atoms with van der Waals surface area (Å²) in [6.45, 7) is 6.97. The molecule has 1 saturated heterocycles. The van der Waals surface area contributed by atoms with E-state index in [0.717, 1.165) is 54.8 Å². The summed E-state index contributed by atoms with van der Waals surface area (Å²) in [5, 5.41) is 6.41. The number of nitrogens with one attached hydrogen (secondary N) is 2. The summed E-state index contributed by atoms with van der Waals surface area (Å²) in [5.74, 6) is 1.59. The molecular formula is C18H21N3O3. The van der Waals surface area contributed by atoms with Gasteiger partial charge in [-0.15, -0.1) is 0 Å². The number of aryl methyl sites for hydroxylation is 2. The number of carbonyl (C=O) groups excluding carboxylic acids is 1. The highest BCUT2D eigenvalue weighted by atomic mass is 16.5. The highest BCUT2D eigenvalue weighted by Gasteiger charge is 2.27. The van der Waals surface area contributed by atoms with Crippen LogP contribution < -0.4 is 15.5 Å². The number of ether oxygens (including phenoxy) is 1. The molecule has 6 nitrogen and oxygen atoms in total. The lowest BCUT2D eigenvalue weighted by atomic mass is 10.0. The van der Waals surface area contributed by atoms with Gasteiger partial charge in [-0.1, -0.05) is 0 Å². The quantitative estimate of drug-likeness (QED) is 0.887. The molecule has 24 heavy (non-hydrogen) atoms. The topological polar surface area (TPSA) is 66.7 Å². The fraction of sp³-hybridized carbons (Fsp3) is 0.389. The third-order valence-corrected chi connectivity index (χ3v) is 4.59. The summed E-state index contributed by atoms with van der Waals surface area (Å²) in [4.78, 5) is 14.8. The van der Waals surface area contributed by atoms with Gasteiger partial charge in [0.25, 0.3) is 5.91 Å². The summed E-state index contributed by atoms with van der Waals surface area (Å²) in [6, 6.07) is 7.95. The van der Waals surface area contributed by atoms with E-state index in [0.29, 0.717) is 5.56 Å². The van der Waals surface area contributed by atoms with E-state index < -0.39 is 0 Å². The van der Waals surface area contributed by atoms with Gasteiger partial charge in [-0.05, 0) is 38.1 Å². The van der Waals surface area contributed by atoms with Crippen LogP contribution in [0, 0.1) is 13.8 Å². The number of benzene rings is 1. The third kappa shape index (κ3) is 2.63. The minimum Gasteiger partial charge on any atom is -0.466 e. The molecule has 2 aliphatic rings. The van der Waals surface area contributed by atoms with Gasteiger partial charge in [0.1, 0.15) is 17.7 Å². The van der Waals surface area contributed by atoms with Crippen molar-refractivity contribution in [3.05, 3.63) is 46.9 Å². The van der Waals surface area contributed by atoms with Crippen LogP contribution in [0.5, 0.6) is 0 Å². The summed E-state index contributed by atoms with van der Waals surface area (Å²) in [5.41, 5.74) is 3.54. The standard InChI is InChI=1S/C18H21N3O3/c1-11-9-14(12(2)24-11)17-19-16-4-3-13(10-15(16)18(22)20-17)21-5-7-23-8-6-21/h3-4,9-10,17,19H,5-8H2,1-2H3,(H,20,22)/t17-/m1/s1. The minimum absolute atomic E-state index is 0.0675. The number of carbonyl (C=O) groups is 1. The van der Waals surface area contributed by atoms with Crippen LogP contribution in [0.3, 0.4) is 0 Å². The summed E-state index contributed by atoms with van der Waals surface area (Å²) in [7, 11) is 0. The van der Waals surface area contributed by atoms with E-state index in [1.807, 2.05) is 32.0 Å². The van der Waals surface area contributed by atoms with Gasteiger partial charge >= 0.3 is 0 Å². The molecule has 1 atom stereocenters. The van der Waals surface area contributed by atoms with Gasteiger partial charge in [0.15, 0.2) is 0 Å². The highest BCUT2D eigenvalue weighted by molar-refractivity contribution is 6.02. The first-order valence-electron chi connectivity index (χ1n) is 8.23.